The van der Waals surface area contributed by atoms with Crippen LogP contribution in [-0.2, 0) is 30.5 Å². The second-order valence-corrected chi connectivity index (χ2v) is 9.77. The van der Waals surface area contributed by atoms with E-state index in [0.29, 0.717) is 0 Å². The Morgan fingerprint density at radius 2 is 1.51 bits per heavy atom. The smallest absolute Gasteiger partial charge is 0.408 e. The van der Waals surface area contributed by atoms with Gasteiger partial charge in [0.2, 0.25) is 17.6 Å². The number of hydrogen-bond acceptors (Lipinski definition) is 8. The standard InChI is InChI=1S/C29H33N5O7/c1-17(2)24(34-29(40)41-16-19-10-6-4-7-11-19)28(39)31-18(3)27(38)33-21(14-23(35)36)25(37)26-30-15-22(32-26)20-12-8-5-9-13-20/h4-13,15,17-18,21-22,24H,14,16H2,1-3H3,(H,31,39)(H,33,38)(H,34,40)(H,35,36)/t18-,21?,22?,24-/m0/s1. The molecule has 2 unspecified atom stereocenters. The number of hydrogen-bond donors (Lipinski definition) is 4. The van der Waals surface area contributed by atoms with E-state index in [1.54, 1.807) is 38.1 Å². The lowest BCUT2D eigenvalue weighted by atomic mass is 10.0. The van der Waals surface area contributed by atoms with Crippen molar-refractivity contribution in [3.63, 3.8) is 0 Å². The summed E-state index contributed by atoms with van der Waals surface area (Å²) in [4.78, 5) is 70.9. The molecular weight excluding hydrogens is 530 g/mol. The number of ketones is 1. The molecule has 41 heavy (non-hydrogen) atoms. The highest BCUT2D eigenvalue weighted by atomic mass is 16.5. The Balaban J connectivity index is 1.59. The zero-order chi connectivity index (χ0) is 29.9. The first-order valence-corrected chi connectivity index (χ1v) is 13.1. The van der Waals surface area contributed by atoms with Gasteiger partial charge in [-0.15, -0.1) is 0 Å². The van der Waals surface area contributed by atoms with Crippen LogP contribution in [0.1, 0.15) is 44.4 Å². The number of amidine groups is 1. The molecule has 2 aromatic carbocycles. The van der Waals surface area contributed by atoms with E-state index in [0.717, 1.165) is 11.1 Å². The number of amides is 3. The van der Waals surface area contributed by atoms with Crippen LogP contribution in [0.25, 0.3) is 0 Å². The zero-order valence-corrected chi connectivity index (χ0v) is 22.9. The van der Waals surface area contributed by atoms with Gasteiger partial charge in [-0.1, -0.05) is 74.5 Å². The molecule has 3 amide bonds. The molecule has 12 heteroatoms. The summed E-state index contributed by atoms with van der Waals surface area (Å²) in [5, 5.41) is 16.7. The van der Waals surface area contributed by atoms with Crippen LogP contribution in [0.15, 0.2) is 70.6 Å². The topological polar surface area (TPSA) is 176 Å². The number of Topliss-reactive ketones (excluding diaryl/α,β-unsaturated/α-hetero) is 1. The number of carbonyl (C=O) groups is 5. The Morgan fingerprint density at radius 1 is 0.878 bits per heavy atom. The average Bonchev–Trinajstić information content (AvgIpc) is 3.45. The SMILES string of the molecule is CC(C)[C@H](NC(=O)OCc1ccccc1)C(=O)N[C@@H](C)C(=O)NC(CC(=O)O)C(=O)C1=NC(c2ccccc2)C=N1. The van der Waals surface area contributed by atoms with Gasteiger partial charge in [-0.25, -0.2) is 14.8 Å². The first-order chi connectivity index (χ1) is 19.5. The molecule has 0 spiro atoms. The molecule has 0 saturated heterocycles. The fraction of sp³-hybridized carbons (Fsp3) is 0.345. The third-order valence-electron chi connectivity index (χ3n) is 6.16. The highest BCUT2D eigenvalue weighted by Crippen LogP contribution is 2.20. The molecule has 4 atom stereocenters. The van der Waals surface area contributed by atoms with Gasteiger partial charge in [-0.05, 0) is 24.0 Å². The Labute approximate surface area is 237 Å². The molecule has 0 aliphatic carbocycles. The van der Waals surface area contributed by atoms with Crippen LogP contribution in [0.4, 0.5) is 4.79 Å². The zero-order valence-electron chi connectivity index (χ0n) is 22.9. The summed E-state index contributed by atoms with van der Waals surface area (Å²) < 4.78 is 5.19. The summed E-state index contributed by atoms with van der Waals surface area (Å²) in [5.41, 5.74) is 1.57. The predicted octanol–water partition coefficient (Wildman–Crippen LogP) is 2.19. The molecule has 0 aromatic heterocycles. The number of ether oxygens (including phenoxy) is 1. The third-order valence-corrected chi connectivity index (χ3v) is 6.16. The van der Waals surface area contributed by atoms with E-state index in [1.165, 1.54) is 13.1 Å². The summed E-state index contributed by atoms with van der Waals surface area (Å²) in [7, 11) is 0. The highest BCUT2D eigenvalue weighted by molar-refractivity contribution is 6.43. The number of nitrogens with one attached hydrogen (secondary N) is 3. The maximum atomic E-state index is 13.0. The minimum atomic E-state index is -1.46. The van der Waals surface area contributed by atoms with Gasteiger partial charge in [0.25, 0.3) is 0 Å². The van der Waals surface area contributed by atoms with E-state index in [1.807, 2.05) is 36.4 Å². The highest BCUT2D eigenvalue weighted by Gasteiger charge is 2.33. The van der Waals surface area contributed by atoms with Crippen LogP contribution in [0.5, 0.6) is 0 Å². The molecule has 1 aliphatic rings. The minimum absolute atomic E-state index is 0.0122. The number of carboxylic acid groups (broad SMARTS) is 1. The van der Waals surface area contributed by atoms with E-state index in [-0.39, 0.29) is 18.4 Å². The molecule has 2 aromatic rings. The Bertz CT molecular complexity index is 1310. The molecular formula is C29H33N5O7. The van der Waals surface area contributed by atoms with E-state index in [2.05, 4.69) is 25.9 Å². The van der Waals surface area contributed by atoms with Gasteiger partial charge in [0, 0.05) is 6.21 Å². The molecule has 4 N–H and O–H groups in total. The van der Waals surface area contributed by atoms with Crippen molar-refractivity contribution in [2.24, 2.45) is 15.9 Å². The van der Waals surface area contributed by atoms with Crippen molar-refractivity contribution >= 4 is 41.7 Å². The number of aliphatic carboxylic acids is 1. The summed E-state index contributed by atoms with van der Waals surface area (Å²) >= 11 is 0. The largest absolute Gasteiger partial charge is 0.481 e. The quantitative estimate of drug-likeness (QED) is 0.289. The van der Waals surface area contributed by atoms with E-state index >= 15 is 0 Å². The number of benzene rings is 2. The monoisotopic (exact) mass is 563 g/mol. The van der Waals surface area contributed by atoms with Crippen molar-refractivity contribution in [3.05, 3.63) is 71.8 Å². The van der Waals surface area contributed by atoms with Gasteiger partial charge in [-0.3, -0.25) is 19.2 Å². The fourth-order valence-electron chi connectivity index (χ4n) is 3.91. The number of rotatable bonds is 13. The lowest BCUT2D eigenvalue weighted by molar-refractivity contribution is -0.139. The molecule has 216 valence electrons. The maximum Gasteiger partial charge on any atom is 0.408 e. The van der Waals surface area contributed by atoms with E-state index in [4.69, 9.17) is 4.74 Å². The second-order valence-electron chi connectivity index (χ2n) is 9.77. The van der Waals surface area contributed by atoms with Crippen molar-refractivity contribution in [3.8, 4) is 0 Å². The van der Waals surface area contributed by atoms with Crippen LogP contribution in [0.2, 0.25) is 0 Å². The van der Waals surface area contributed by atoms with Crippen LogP contribution in [-0.4, -0.2) is 64.9 Å². The lowest BCUT2D eigenvalue weighted by Crippen LogP contribution is -2.56. The van der Waals surface area contributed by atoms with Crippen LogP contribution >= 0.6 is 0 Å². The molecule has 1 heterocycles. The predicted molar refractivity (Wildman–Crippen MR) is 150 cm³/mol. The molecule has 0 radical (unpaired) electrons. The summed E-state index contributed by atoms with van der Waals surface area (Å²) in [6.07, 6.45) is -0.0487. The van der Waals surface area contributed by atoms with Crippen LogP contribution in [0, 0.1) is 5.92 Å². The maximum absolute atomic E-state index is 13.0. The van der Waals surface area contributed by atoms with Crippen LogP contribution < -0.4 is 16.0 Å². The third kappa shape index (κ3) is 9.09. The summed E-state index contributed by atoms with van der Waals surface area (Å²) in [6, 6.07) is 14.0. The van der Waals surface area contributed by atoms with Gasteiger partial charge >= 0.3 is 12.1 Å². The summed E-state index contributed by atoms with van der Waals surface area (Å²) in [5.74, 6) is -4.10. The molecule has 0 fully saturated rings. The van der Waals surface area contributed by atoms with Crippen molar-refractivity contribution in [2.45, 2.75) is 58.0 Å². The number of alkyl carbamates (subject to hydrolysis) is 1. The van der Waals surface area contributed by atoms with Gasteiger partial charge in [0.05, 0.1) is 6.42 Å². The Kier molecular flexibility index (Phi) is 10.8. The minimum Gasteiger partial charge on any atom is -0.481 e. The number of nitrogens with zero attached hydrogens (tertiary/aromatic N) is 2. The van der Waals surface area contributed by atoms with Gasteiger partial charge in [-0.2, -0.15) is 0 Å². The lowest BCUT2D eigenvalue weighted by Gasteiger charge is -2.24. The first kappa shape index (κ1) is 30.7. The molecule has 0 saturated carbocycles. The van der Waals surface area contributed by atoms with E-state index < -0.39 is 60.2 Å². The van der Waals surface area contributed by atoms with Gasteiger partial charge in [0.15, 0.2) is 5.84 Å². The summed E-state index contributed by atoms with van der Waals surface area (Å²) in [6.45, 7) is 4.80. The van der Waals surface area contributed by atoms with E-state index in [9.17, 15) is 29.1 Å². The second kappa shape index (κ2) is 14.5. The number of aliphatic imine (C=N–C) groups is 2. The molecule has 1 aliphatic heterocycles. The van der Waals surface area contributed by atoms with Gasteiger partial charge in [0.1, 0.15) is 30.8 Å². The Morgan fingerprint density at radius 3 is 2.12 bits per heavy atom. The van der Waals surface area contributed by atoms with Crippen molar-refractivity contribution in [1.29, 1.82) is 0 Å². The number of carboxylic acids is 1. The van der Waals surface area contributed by atoms with Crippen molar-refractivity contribution < 1.29 is 33.8 Å². The average molecular weight is 564 g/mol. The van der Waals surface area contributed by atoms with Crippen molar-refractivity contribution in [1.82, 2.24) is 16.0 Å². The molecule has 0 bridgehead atoms. The number of carbonyl (C=O) groups excluding carboxylic acids is 4. The van der Waals surface area contributed by atoms with Crippen LogP contribution in [0.3, 0.4) is 0 Å². The normalized spacial score (nSPS) is 16.2. The first-order valence-electron chi connectivity index (χ1n) is 13.1. The molecule has 3 rings (SSSR count). The van der Waals surface area contributed by atoms with Crippen molar-refractivity contribution in [2.75, 3.05) is 0 Å². The molecule has 12 nitrogen and oxygen atoms in total. The van der Waals surface area contributed by atoms with Gasteiger partial charge < -0.3 is 25.8 Å². The fourth-order valence-corrected chi connectivity index (χ4v) is 3.91. The Hall–Kier alpha value is -4.87.